The number of rotatable bonds is 5. The molecule has 8 nitrogen and oxygen atoms in total. The highest BCUT2D eigenvalue weighted by molar-refractivity contribution is 8.25. The third kappa shape index (κ3) is 4.12. The predicted molar refractivity (Wildman–Crippen MR) is 109 cm³/mol. The van der Waals surface area contributed by atoms with Crippen molar-refractivity contribution in [2.24, 2.45) is 13.0 Å². The van der Waals surface area contributed by atoms with Gasteiger partial charge in [0.1, 0.15) is 10.4 Å². The van der Waals surface area contributed by atoms with Crippen molar-refractivity contribution in [3.63, 3.8) is 0 Å². The van der Waals surface area contributed by atoms with Crippen molar-refractivity contribution < 1.29 is 18.4 Å². The van der Waals surface area contributed by atoms with Crippen LogP contribution >= 0.6 is 10.6 Å². The van der Waals surface area contributed by atoms with Gasteiger partial charge in [-0.15, -0.1) is 0 Å². The number of aryl methyl sites for hydroxylation is 1. The fourth-order valence-electron chi connectivity index (χ4n) is 3.20. The molecule has 0 bridgehead atoms. The van der Waals surface area contributed by atoms with Gasteiger partial charge in [-0.3, -0.25) is 13.8 Å². The van der Waals surface area contributed by atoms with Crippen LogP contribution in [0.25, 0.3) is 11.6 Å². The van der Waals surface area contributed by atoms with Gasteiger partial charge in [-0.1, -0.05) is 25.9 Å². The minimum absolute atomic E-state index is 0.0999. The Morgan fingerprint density at radius 3 is 2.39 bits per heavy atom. The van der Waals surface area contributed by atoms with Crippen molar-refractivity contribution in [2.75, 3.05) is 19.0 Å². The van der Waals surface area contributed by atoms with Crippen LogP contribution in [0.1, 0.15) is 59.0 Å². The predicted octanol–water partition coefficient (Wildman–Crippen LogP) is 4.18. The second kappa shape index (κ2) is 7.44. The molecule has 1 fully saturated rings. The van der Waals surface area contributed by atoms with Crippen molar-refractivity contribution in [1.29, 1.82) is 0 Å². The summed E-state index contributed by atoms with van der Waals surface area (Å²) in [5.41, 5.74) is 1.53. The molecule has 1 aliphatic heterocycles. The largest absolute Gasteiger partial charge is 0.381 e. The minimum Gasteiger partial charge on any atom is -0.381 e. The quantitative estimate of drug-likeness (QED) is 0.758. The molecular weight excluding hydrogens is 380 g/mol. The summed E-state index contributed by atoms with van der Waals surface area (Å²) >= 11 is 0. The molecule has 0 aromatic carbocycles. The van der Waals surface area contributed by atoms with Gasteiger partial charge in [-0.2, -0.15) is 20.7 Å². The molecule has 28 heavy (non-hydrogen) atoms. The number of hydrogen-bond acceptors (Lipinski definition) is 7. The van der Waals surface area contributed by atoms with E-state index < -0.39 is 15.3 Å². The van der Waals surface area contributed by atoms with Crippen molar-refractivity contribution >= 4 is 10.6 Å². The summed E-state index contributed by atoms with van der Waals surface area (Å²) in [7, 11) is -1.14. The first kappa shape index (κ1) is 21.3. The van der Waals surface area contributed by atoms with E-state index in [0.29, 0.717) is 36.4 Å². The zero-order valence-electron chi connectivity index (χ0n) is 17.6. The van der Waals surface area contributed by atoms with Crippen LogP contribution in [0.2, 0.25) is 0 Å². The van der Waals surface area contributed by atoms with E-state index in [2.05, 4.69) is 36.0 Å². The second-order valence-corrected chi connectivity index (χ2v) is 11.8. The molecule has 9 heteroatoms. The van der Waals surface area contributed by atoms with Crippen LogP contribution < -0.4 is 0 Å². The van der Waals surface area contributed by atoms with Gasteiger partial charge in [0.15, 0.2) is 5.82 Å². The van der Waals surface area contributed by atoms with Crippen LogP contribution in [0.3, 0.4) is 0 Å². The third-order valence-corrected chi connectivity index (χ3v) is 8.21. The fourth-order valence-corrected chi connectivity index (χ4v) is 4.98. The topological polar surface area (TPSA) is 106 Å². The summed E-state index contributed by atoms with van der Waals surface area (Å²) in [6.45, 7) is 11.1. The van der Waals surface area contributed by atoms with Crippen LogP contribution in [0.4, 0.5) is 0 Å². The Hall–Kier alpha value is -1.42. The van der Waals surface area contributed by atoms with Gasteiger partial charge in [0, 0.05) is 31.4 Å². The van der Waals surface area contributed by atoms with Crippen molar-refractivity contribution in [1.82, 2.24) is 19.9 Å². The van der Waals surface area contributed by atoms with Crippen LogP contribution in [-0.2, 0) is 21.9 Å². The molecule has 0 radical (unpaired) electrons. The Labute approximate surface area is 168 Å². The van der Waals surface area contributed by atoms with Crippen molar-refractivity contribution in [3.8, 4) is 11.6 Å². The molecule has 2 N–H and O–H groups in total. The minimum atomic E-state index is -2.97. The van der Waals surface area contributed by atoms with Gasteiger partial charge in [-0.05, 0) is 38.7 Å². The number of hydrogen-bond donors (Lipinski definition) is 2. The molecule has 1 aliphatic rings. The van der Waals surface area contributed by atoms with E-state index >= 15 is 0 Å². The Morgan fingerprint density at radius 1 is 1.18 bits per heavy atom. The smallest absolute Gasteiger partial charge is 0.276 e. The van der Waals surface area contributed by atoms with Crippen LogP contribution in [0, 0.1) is 5.92 Å². The summed E-state index contributed by atoms with van der Waals surface area (Å²) in [4.78, 5) is 4.51. The molecule has 2 aromatic rings. The molecule has 0 unspecified atom stereocenters. The SMILES string of the molecule is Cn1nc(C(C)(C)C)cc1-c1nc(C(C)(C)S(O)(O)CC2CCOCC2)no1. The lowest BCUT2D eigenvalue weighted by Crippen LogP contribution is -2.33. The van der Waals surface area contributed by atoms with Crippen LogP contribution in [0.5, 0.6) is 0 Å². The summed E-state index contributed by atoms with van der Waals surface area (Å²) in [5.74, 6) is 1.19. The fraction of sp³-hybridized carbons (Fsp3) is 0.737. The molecule has 0 aliphatic carbocycles. The van der Waals surface area contributed by atoms with E-state index in [0.717, 1.165) is 18.5 Å². The second-order valence-electron chi connectivity index (χ2n) is 9.11. The van der Waals surface area contributed by atoms with Crippen LogP contribution in [0.15, 0.2) is 10.6 Å². The molecule has 0 atom stereocenters. The van der Waals surface area contributed by atoms with E-state index in [-0.39, 0.29) is 11.3 Å². The van der Waals surface area contributed by atoms with E-state index in [1.807, 2.05) is 13.1 Å². The van der Waals surface area contributed by atoms with Gasteiger partial charge in [0.25, 0.3) is 5.89 Å². The molecule has 0 amide bonds. The average Bonchev–Trinajstić information content (AvgIpc) is 3.21. The van der Waals surface area contributed by atoms with E-state index in [9.17, 15) is 9.11 Å². The van der Waals surface area contributed by atoms with E-state index in [1.54, 1.807) is 18.5 Å². The van der Waals surface area contributed by atoms with Crippen LogP contribution in [-0.4, -0.2) is 48.0 Å². The van der Waals surface area contributed by atoms with E-state index in [4.69, 9.17) is 9.26 Å². The highest BCUT2D eigenvalue weighted by Crippen LogP contribution is 2.58. The molecule has 3 heterocycles. The maximum Gasteiger partial charge on any atom is 0.276 e. The summed E-state index contributed by atoms with van der Waals surface area (Å²) in [6.07, 6.45) is 1.68. The van der Waals surface area contributed by atoms with Crippen molar-refractivity contribution in [2.45, 2.75) is 57.6 Å². The zero-order valence-corrected chi connectivity index (χ0v) is 18.4. The van der Waals surface area contributed by atoms with E-state index in [1.165, 1.54) is 0 Å². The lowest BCUT2D eigenvalue weighted by Gasteiger charge is -2.46. The standard InChI is InChI=1S/C19H32N4O4S/c1-18(2,3)15-11-14(23(6)21-15)16-20-17(22-27-16)19(4,5)28(24,25)12-13-7-9-26-10-8-13/h11,13,24-25H,7-10,12H2,1-6H3. The zero-order chi connectivity index (χ0) is 20.7. The average molecular weight is 413 g/mol. The first-order valence-corrected chi connectivity index (χ1v) is 11.4. The number of nitrogens with zero attached hydrogens (tertiary/aromatic N) is 4. The van der Waals surface area contributed by atoms with Gasteiger partial charge in [0.2, 0.25) is 0 Å². The first-order chi connectivity index (χ1) is 12.9. The maximum atomic E-state index is 11.0. The molecule has 1 saturated heterocycles. The van der Waals surface area contributed by atoms with Gasteiger partial charge in [-0.25, -0.2) is 0 Å². The number of ether oxygens (including phenoxy) is 1. The molecule has 2 aromatic heterocycles. The highest BCUT2D eigenvalue weighted by atomic mass is 32.3. The number of aromatic nitrogens is 4. The van der Waals surface area contributed by atoms with Gasteiger partial charge < -0.3 is 9.26 Å². The maximum absolute atomic E-state index is 11.0. The normalized spacial score (nSPS) is 17.9. The molecule has 158 valence electrons. The third-order valence-electron chi connectivity index (χ3n) is 5.46. The molecular formula is C19H32N4O4S. The molecule has 3 rings (SSSR count). The molecule has 0 saturated carbocycles. The Kier molecular flexibility index (Phi) is 5.66. The summed E-state index contributed by atoms with van der Waals surface area (Å²) in [5, 5.41) is 8.62. The lowest BCUT2D eigenvalue weighted by atomic mass is 9.92. The molecule has 0 spiro atoms. The lowest BCUT2D eigenvalue weighted by molar-refractivity contribution is 0.0717. The van der Waals surface area contributed by atoms with Gasteiger partial charge in [0.05, 0.1) is 5.69 Å². The summed E-state index contributed by atoms with van der Waals surface area (Å²) in [6, 6.07) is 1.93. The summed E-state index contributed by atoms with van der Waals surface area (Å²) < 4.78 is 33.5. The first-order valence-electron chi connectivity index (χ1n) is 9.64. The Balaban J connectivity index is 1.84. The Morgan fingerprint density at radius 2 is 1.82 bits per heavy atom. The monoisotopic (exact) mass is 412 g/mol. The van der Waals surface area contributed by atoms with Gasteiger partial charge >= 0.3 is 0 Å². The highest BCUT2D eigenvalue weighted by Gasteiger charge is 2.42. The Bertz CT molecular complexity index is 816. The van der Waals surface area contributed by atoms with Crippen molar-refractivity contribution in [3.05, 3.63) is 17.6 Å².